The lowest BCUT2D eigenvalue weighted by Gasteiger charge is -2.46. The Morgan fingerprint density at radius 3 is 2.36 bits per heavy atom. The van der Waals surface area contributed by atoms with Gasteiger partial charge in [0, 0.05) is 24.5 Å². The lowest BCUT2D eigenvalue weighted by Crippen LogP contribution is -2.58. The highest BCUT2D eigenvalue weighted by Crippen LogP contribution is 2.45. The molecule has 9 nitrogen and oxygen atoms in total. The normalized spacial score (nSPS) is 20.6. The Morgan fingerprint density at radius 2 is 1.68 bits per heavy atom. The number of anilines is 1. The van der Waals surface area contributed by atoms with Gasteiger partial charge in [0.25, 0.3) is 0 Å². The summed E-state index contributed by atoms with van der Waals surface area (Å²) in [6, 6.07) is 3.91. The number of hydrogen-bond acceptors (Lipinski definition) is 8. The standard InChI is InChI=1S/C19H23N7O2/c20-17-23-18(21)26(19(24-17)4-2-1-3-5-19)14-11-16-15(27-8-9-28-16)10-13(14)25-7-6-22-12-25/h6-7,10-12H,1-5,8-9H2,(H4,20,21,23,24). The van der Waals surface area contributed by atoms with E-state index in [2.05, 4.69) is 9.98 Å². The summed E-state index contributed by atoms with van der Waals surface area (Å²) in [6.45, 7) is 1.03. The SMILES string of the molecule is NC1=NC2(CCCCC2)N(c2cc3c(cc2-n2ccnc2)OCCO3)C(N)=N1. The number of aromatic nitrogens is 2. The third-order valence-corrected chi connectivity index (χ3v) is 5.51. The van der Waals surface area contributed by atoms with E-state index in [0.717, 1.165) is 37.1 Å². The number of hydrogen-bond donors (Lipinski definition) is 2. The molecule has 1 aromatic carbocycles. The van der Waals surface area contributed by atoms with Gasteiger partial charge in [0.1, 0.15) is 18.9 Å². The van der Waals surface area contributed by atoms with Crippen LogP contribution in [0.3, 0.4) is 0 Å². The van der Waals surface area contributed by atoms with Crippen molar-refractivity contribution in [2.45, 2.75) is 37.8 Å². The fourth-order valence-electron chi connectivity index (χ4n) is 4.32. The third kappa shape index (κ3) is 2.65. The largest absolute Gasteiger partial charge is 0.486 e. The molecule has 0 amide bonds. The molecule has 1 spiro atoms. The zero-order valence-electron chi connectivity index (χ0n) is 15.5. The van der Waals surface area contributed by atoms with E-state index in [1.54, 1.807) is 12.5 Å². The molecular formula is C19H23N7O2. The average molecular weight is 381 g/mol. The van der Waals surface area contributed by atoms with E-state index in [9.17, 15) is 0 Å². The predicted octanol–water partition coefficient (Wildman–Crippen LogP) is 1.75. The number of guanidine groups is 2. The molecule has 0 saturated heterocycles. The minimum absolute atomic E-state index is 0.234. The fourth-order valence-corrected chi connectivity index (χ4v) is 4.32. The topological polar surface area (TPSA) is 116 Å². The van der Waals surface area contributed by atoms with Crippen LogP contribution in [0.4, 0.5) is 5.69 Å². The van der Waals surface area contributed by atoms with Crippen LogP contribution in [0.1, 0.15) is 32.1 Å². The van der Waals surface area contributed by atoms with Gasteiger partial charge in [0.15, 0.2) is 11.5 Å². The average Bonchev–Trinajstić information content (AvgIpc) is 3.22. The molecular weight excluding hydrogens is 358 g/mol. The Balaban J connectivity index is 1.71. The molecule has 2 aromatic rings. The number of imidazole rings is 1. The number of nitrogens with two attached hydrogens (primary N) is 2. The zero-order valence-corrected chi connectivity index (χ0v) is 15.5. The predicted molar refractivity (Wildman–Crippen MR) is 106 cm³/mol. The van der Waals surface area contributed by atoms with Crippen LogP contribution in [0.15, 0.2) is 40.8 Å². The number of benzene rings is 1. The number of aliphatic imine (C=N–C) groups is 2. The molecule has 3 heterocycles. The van der Waals surface area contributed by atoms with Gasteiger partial charge in [-0.3, -0.25) is 4.90 Å². The third-order valence-electron chi connectivity index (χ3n) is 5.51. The van der Waals surface area contributed by atoms with E-state index in [4.69, 9.17) is 25.9 Å². The summed E-state index contributed by atoms with van der Waals surface area (Å²) < 4.78 is 13.6. The second kappa shape index (κ2) is 6.43. The van der Waals surface area contributed by atoms with Crippen molar-refractivity contribution in [3.8, 4) is 17.2 Å². The Bertz CT molecular complexity index is 945. The van der Waals surface area contributed by atoms with E-state index in [1.807, 2.05) is 27.8 Å². The summed E-state index contributed by atoms with van der Waals surface area (Å²) in [4.78, 5) is 15.3. The fraction of sp³-hybridized carbons (Fsp3) is 0.421. The van der Waals surface area contributed by atoms with Gasteiger partial charge in [-0.2, -0.15) is 4.99 Å². The lowest BCUT2D eigenvalue weighted by molar-refractivity contribution is 0.171. The van der Waals surface area contributed by atoms with Crippen molar-refractivity contribution in [3.63, 3.8) is 0 Å². The maximum absolute atomic E-state index is 6.42. The number of nitrogens with zero attached hydrogens (tertiary/aromatic N) is 5. The van der Waals surface area contributed by atoms with Crippen molar-refractivity contribution >= 4 is 17.6 Å². The molecule has 1 saturated carbocycles. The molecule has 2 aliphatic heterocycles. The molecule has 146 valence electrons. The van der Waals surface area contributed by atoms with E-state index >= 15 is 0 Å². The molecule has 3 aliphatic rings. The molecule has 1 aromatic heterocycles. The van der Waals surface area contributed by atoms with Crippen LogP contribution in [-0.2, 0) is 0 Å². The first-order valence-corrected chi connectivity index (χ1v) is 9.58. The summed E-state index contributed by atoms with van der Waals surface area (Å²) in [5, 5.41) is 0. The molecule has 28 heavy (non-hydrogen) atoms. The first-order valence-electron chi connectivity index (χ1n) is 9.58. The van der Waals surface area contributed by atoms with E-state index in [0.29, 0.717) is 30.7 Å². The molecule has 1 aliphatic carbocycles. The van der Waals surface area contributed by atoms with Gasteiger partial charge in [0.05, 0.1) is 17.7 Å². The van der Waals surface area contributed by atoms with Crippen LogP contribution in [0.2, 0.25) is 0 Å². The van der Waals surface area contributed by atoms with Gasteiger partial charge in [-0.05, 0) is 25.7 Å². The smallest absolute Gasteiger partial charge is 0.220 e. The monoisotopic (exact) mass is 381 g/mol. The van der Waals surface area contributed by atoms with Gasteiger partial charge >= 0.3 is 0 Å². The minimum Gasteiger partial charge on any atom is -0.486 e. The Kier molecular flexibility index (Phi) is 3.88. The van der Waals surface area contributed by atoms with Gasteiger partial charge in [-0.15, -0.1) is 0 Å². The Hall–Kier alpha value is -3.23. The highest BCUT2D eigenvalue weighted by Gasteiger charge is 2.44. The van der Waals surface area contributed by atoms with Gasteiger partial charge in [0.2, 0.25) is 11.9 Å². The zero-order chi connectivity index (χ0) is 19.1. The molecule has 5 rings (SSSR count). The van der Waals surface area contributed by atoms with Crippen molar-refractivity contribution in [2.24, 2.45) is 21.5 Å². The maximum Gasteiger partial charge on any atom is 0.220 e. The van der Waals surface area contributed by atoms with Crippen molar-refractivity contribution in [1.29, 1.82) is 0 Å². The molecule has 0 atom stereocenters. The van der Waals surface area contributed by atoms with Crippen molar-refractivity contribution in [2.75, 3.05) is 18.1 Å². The summed E-state index contributed by atoms with van der Waals surface area (Å²) >= 11 is 0. The van der Waals surface area contributed by atoms with Crippen LogP contribution in [-0.4, -0.2) is 40.3 Å². The Labute approximate surface area is 162 Å². The van der Waals surface area contributed by atoms with Crippen molar-refractivity contribution in [1.82, 2.24) is 9.55 Å². The van der Waals surface area contributed by atoms with E-state index < -0.39 is 5.66 Å². The molecule has 0 unspecified atom stereocenters. The number of ether oxygens (including phenoxy) is 2. The summed E-state index contributed by atoms with van der Waals surface area (Å²) in [6.07, 6.45) is 10.4. The van der Waals surface area contributed by atoms with Gasteiger partial charge in [-0.1, -0.05) is 6.42 Å². The maximum atomic E-state index is 6.42. The van der Waals surface area contributed by atoms with E-state index in [-0.39, 0.29) is 5.96 Å². The molecule has 4 N–H and O–H groups in total. The Morgan fingerprint density at radius 1 is 0.964 bits per heavy atom. The lowest BCUT2D eigenvalue weighted by atomic mass is 9.87. The second-order valence-corrected chi connectivity index (χ2v) is 7.27. The van der Waals surface area contributed by atoms with Crippen molar-refractivity contribution < 1.29 is 9.47 Å². The number of fused-ring (bicyclic) bond motifs is 1. The van der Waals surface area contributed by atoms with Crippen LogP contribution in [0, 0.1) is 0 Å². The minimum atomic E-state index is -0.534. The van der Waals surface area contributed by atoms with E-state index in [1.165, 1.54) is 6.42 Å². The molecule has 0 bridgehead atoms. The highest BCUT2D eigenvalue weighted by atomic mass is 16.6. The molecule has 1 fully saturated rings. The highest BCUT2D eigenvalue weighted by molar-refractivity contribution is 6.06. The number of rotatable bonds is 2. The second-order valence-electron chi connectivity index (χ2n) is 7.27. The van der Waals surface area contributed by atoms with Gasteiger partial charge < -0.3 is 25.5 Å². The van der Waals surface area contributed by atoms with Crippen LogP contribution < -0.4 is 25.8 Å². The quantitative estimate of drug-likeness (QED) is 0.819. The first kappa shape index (κ1) is 16.9. The van der Waals surface area contributed by atoms with Crippen LogP contribution >= 0.6 is 0 Å². The first-order chi connectivity index (χ1) is 13.7. The molecule has 9 heteroatoms. The van der Waals surface area contributed by atoms with Crippen LogP contribution in [0.5, 0.6) is 11.5 Å². The summed E-state index contributed by atoms with van der Waals surface area (Å²) in [5.74, 6) is 1.96. The van der Waals surface area contributed by atoms with Crippen molar-refractivity contribution in [3.05, 3.63) is 30.9 Å². The molecule has 0 radical (unpaired) electrons. The summed E-state index contributed by atoms with van der Waals surface area (Å²) in [5.41, 5.74) is 13.6. The van der Waals surface area contributed by atoms with Crippen LogP contribution in [0.25, 0.3) is 5.69 Å². The summed E-state index contributed by atoms with van der Waals surface area (Å²) in [7, 11) is 0. The van der Waals surface area contributed by atoms with Gasteiger partial charge in [-0.25, -0.2) is 9.98 Å².